The molecule has 0 aromatic carbocycles. The average molecular weight is 300 g/mol. The van der Waals surface area contributed by atoms with Gasteiger partial charge in [0.25, 0.3) is 0 Å². The highest BCUT2D eigenvalue weighted by Crippen LogP contribution is 2.06. The maximum absolute atomic E-state index is 12.3. The number of likely N-dealkylation sites (N-methyl/N-ethyl adjacent to an activating group) is 1. The first-order chi connectivity index (χ1) is 9.93. The van der Waals surface area contributed by atoms with Crippen molar-refractivity contribution in [1.29, 1.82) is 0 Å². The van der Waals surface area contributed by atoms with E-state index in [0.717, 1.165) is 39.3 Å². The highest BCUT2D eigenvalue weighted by molar-refractivity contribution is 5.75. The zero-order chi connectivity index (χ0) is 15.8. The minimum absolute atomic E-state index is 0.00236. The standard InChI is InChI=1S/C14H28N4O3/c1-4-17(6-5-13(19)20)14(21)18-11-9-16(10-12-18)8-7-15(2)3/h4-12H2,1-3H3,(H,19,20). The number of piperazine rings is 1. The lowest BCUT2D eigenvalue weighted by Gasteiger charge is -2.37. The number of carboxylic acids is 1. The molecule has 1 aliphatic rings. The Hall–Kier alpha value is -1.34. The van der Waals surface area contributed by atoms with Gasteiger partial charge in [-0.1, -0.05) is 0 Å². The van der Waals surface area contributed by atoms with E-state index in [1.165, 1.54) is 0 Å². The molecule has 0 aliphatic carbocycles. The fourth-order valence-corrected chi connectivity index (χ4v) is 2.32. The number of urea groups is 1. The summed E-state index contributed by atoms with van der Waals surface area (Å²) >= 11 is 0. The van der Waals surface area contributed by atoms with E-state index in [1.54, 1.807) is 4.90 Å². The number of carbonyl (C=O) groups excluding carboxylic acids is 1. The van der Waals surface area contributed by atoms with Gasteiger partial charge < -0.3 is 19.8 Å². The molecule has 2 amide bonds. The SMILES string of the molecule is CCN(CCC(=O)O)C(=O)N1CCN(CCN(C)C)CC1. The van der Waals surface area contributed by atoms with Gasteiger partial charge in [0.2, 0.25) is 0 Å². The molecule has 1 saturated heterocycles. The number of hydrogen-bond acceptors (Lipinski definition) is 4. The molecule has 0 saturated carbocycles. The Bertz CT molecular complexity index is 341. The fraction of sp³-hybridized carbons (Fsp3) is 0.857. The summed E-state index contributed by atoms with van der Waals surface area (Å²) in [7, 11) is 4.11. The van der Waals surface area contributed by atoms with Crippen LogP contribution in [0.1, 0.15) is 13.3 Å². The molecular formula is C14H28N4O3. The smallest absolute Gasteiger partial charge is 0.320 e. The molecule has 1 fully saturated rings. The molecule has 0 aromatic rings. The van der Waals surface area contributed by atoms with Crippen LogP contribution in [0.4, 0.5) is 4.79 Å². The second kappa shape index (κ2) is 8.84. The van der Waals surface area contributed by atoms with Crippen molar-refractivity contribution in [3.63, 3.8) is 0 Å². The van der Waals surface area contributed by atoms with Crippen LogP contribution in [-0.4, -0.2) is 103 Å². The number of aliphatic carboxylic acids is 1. The highest BCUT2D eigenvalue weighted by Gasteiger charge is 2.24. The van der Waals surface area contributed by atoms with Crippen molar-refractivity contribution >= 4 is 12.0 Å². The first-order valence-electron chi connectivity index (χ1n) is 7.56. The number of hydrogen-bond donors (Lipinski definition) is 1. The van der Waals surface area contributed by atoms with E-state index in [4.69, 9.17) is 5.11 Å². The normalized spacial score (nSPS) is 16.3. The maximum Gasteiger partial charge on any atom is 0.320 e. The predicted octanol–water partition coefficient (Wildman–Crippen LogP) is 0.0822. The molecule has 0 bridgehead atoms. The van der Waals surface area contributed by atoms with Crippen molar-refractivity contribution in [3.8, 4) is 0 Å². The summed E-state index contributed by atoms with van der Waals surface area (Å²) < 4.78 is 0. The molecule has 1 aliphatic heterocycles. The van der Waals surface area contributed by atoms with Gasteiger partial charge in [-0.15, -0.1) is 0 Å². The highest BCUT2D eigenvalue weighted by atomic mass is 16.4. The Labute approximate surface area is 127 Å². The first kappa shape index (κ1) is 17.7. The van der Waals surface area contributed by atoms with Gasteiger partial charge in [-0.05, 0) is 21.0 Å². The minimum Gasteiger partial charge on any atom is -0.481 e. The van der Waals surface area contributed by atoms with Crippen LogP contribution in [0.2, 0.25) is 0 Å². The van der Waals surface area contributed by atoms with Crippen LogP contribution >= 0.6 is 0 Å². The Kier molecular flexibility index (Phi) is 7.45. The van der Waals surface area contributed by atoms with E-state index < -0.39 is 5.97 Å². The lowest BCUT2D eigenvalue weighted by atomic mass is 10.3. The molecule has 1 heterocycles. The summed E-state index contributed by atoms with van der Waals surface area (Å²) in [5, 5.41) is 8.73. The van der Waals surface area contributed by atoms with Crippen molar-refractivity contribution in [2.24, 2.45) is 0 Å². The molecule has 0 radical (unpaired) electrons. The average Bonchev–Trinajstić information content (AvgIpc) is 2.45. The molecule has 1 rings (SSSR count). The van der Waals surface area contributed by atoms with Gasteiger partial charge in [-0.25, -0.2) is 4.79 Å². The molecule has 0 aromatic heterocycles. The summed E-state index contributed by atoms with van der Waals surface area (Å²) in [5.74, 6) is -0.866. The van der Waals surface area contributed by atoms with Crippen molar-refractivity contribution < 1.29 is 14.7 Å². The Balaban J connectivity index is 2.37. The van der Waals surface area contributed by atoms with Crippen molar-refractivity contribution in [3.05, 3.63) is 0 Å². The van der Waals surface area contributed by atoms with Gasteiger partial charge in [-0.2, -0.15) is 0 Å². The van der Waals surface area contributed by atoms with E-state index >= 15 is 0 Å². The number of rotatable bonds is 7. The van der Waals surface area contributed by atoms with E-state index in [0.29, 0.717) is 6.54 Å². The van der Waals surface area contributed by atoms with Crippen LogP contribution in [0, 0.1) is 0 Å². The van der Waals surface area contributed by atoms with E-state index in [1.807, 2.05) is 11.8 Å². The Morgan fingerprint density at radius 1 is 1.10 bits per heavy atom. The van der Waals surface area contributed by atoms with Gasteiger partial charge in [0, 0.05) is 52.4 Å². The summed E-state index contributed by atoms with van der Waals surface area (Å²) in [5.41, 5.74) is 0. The summed E-state index contributed by atoms with van der Waals surface area (Å²) in [6, 6.07) is -0.0361. The van der Waals surface area contributed by atoms with E-state index in [-0.39, 0.29) is 19.0 Å². The molecule has 0 atom stereocenters. The van der Waals surface area contributed by atoms with Gasteiger partial charge in [0.1, 0.15) is 0 Å². The summed E-state index contributed by atoms with van der Waals surface area (Å²) in [6.07, 6.45) is 0.00236. The van der Waals surface area contributed by atoms with Gasteiger partial charge >= 0.3 is 12.0 Å². The van der Waals surface area contributed by atoms with Crippen LogP contribution < -0.4 is 0 Å². The number of nitrogens with zero attached hydrogens (tertiary/aromatic N) is 4. The largest absolute Gasteiger partial charge is 0.481 e. The monoisotopic (exact) mass is 300 g/mol. The van der Waals surface area contributed by atoms with Crippen molar-refractivity contribution in [2.45, 2.75) is 13.3 Å². The molecule has 122 valence electrons. The minimum atomic E-state index is -0.866. The van der Waals surface area contributed by atoms with Crippen molar-refractivity contribution in [1.82, 2.24) is 19.6 Å². The number of carboxylic acid groups (broad SMARTS) is 1. The van der Waals surface area contributed by atoms with Crippen molar-refractivity contribution in [2.75, 3.05) is 66.5 Å². The second-order valence-electron chi connectivity index (χ2n) is 5.64. The molecule has 7 nitrogen and oxygen atoms in total. The molecule has 0 spiro atoms. The predicted molar refractivity (Wildman–Crippen MR) is 81.5 cm³/mol. The van der Waals surface area contributed by atoms with Gasteiger partial charge in [0.05, 0.1) is 6.42 Å². The third kappa shape index (κ3) is 6.31. The summed E-state index contributed by atoms with van der Waals surface area (Å²) in [6.45, 7) is 7.96. The van der Waals surface area contributed by atoms with Crippen LogP contribution in [0.3, 0.4) is 0 Å². The van der Waals surface area contributed by atoms with Gasteiger partial charge in [-0.3, -0.25) is 9.69 Å². The molecule has 0 unspecified atom stereocenters. The molecule has 7 heteroatoms. The zero-order valence-electron chi connectivity index (χ0n) is 13.4. The first-order valence-corrected chi connectivity index (χ1v) is 7.56. The molecule has 1 N–H and O–H groups in total. The van der Waals surface area contributed by atoms with Crippen LogP contribution in [-0.2, 0) is 4.79 Å². The second-order valence-corrected chi connectivity index (χ2v) is 5.64. The van der Waals surface area contributed by atoms with Crippen LogP contribution in [0.5, 0.6) is 0 Å². The van der Waals surface area contributed by atoms with E-state index in [2.05, 4.69) is 23.9 Å². The number of amides is 2. The Morgan fingerprint density at radius 2 is 1.71 bits per heavy atom. The maximum atomic E-state index is 12.3. The van der Waals surface area contributed by atoms with E-state index in [9.17, 15) is 9.59 Å². The third-order valence-corrected chi connectivity index (χ3v) is 3.75. The fourth-order valence-electron chi connectivity index (χ4n) is 2.32. The molecular weight excluding hydrogens is 272 g/mol. The quantitative estimate of drug-likeness (QED) is 0.721. The lowest BCUT2D eigenvalue weighted by Crippen LogP contribution is -2.53. The zero-order valence-corrected chi connectivity index (χ0v) is 13.4. The molecule has 21 heavy (non-hydrogen) atoms. The van der Waals surface area contributed by atoms with Gasteiger partial charge in [0.15, 0.2) is 0 Å². The lowest BCUT2D eigenvalue weighted by molar-refractivity contribution is -0.137. The summed E-state index contributed by atoms with van der Waals surface area (Å²) in [4.78, 5) is 30.9. The number of carbonyl (C=O) groups is 2. The van der Waals surface area contributed by atoms with Crippen LogP contribution in [0.25, 0.3) is 0 Å². The third-order valence-electron chi connectivity index (χ3n) is 3.75. The Morgan fingerprint density at radius 3 is 2.19 bits per heavy atom. The topological polar surface area (TPSA) is 67.3 Å². The van der Waals surface area contributed by atoms with Crippen LogP contribution in [0.15, 0.2) is 0 Å².